The Morgan fingerprint density at radius 1 is 1.03 bits per heavy atom. The van der Waals surface area contributed by atoms with E-state index < -0.39 is 24.2 Å². The van der Waals surface area contributed by atoms with Crippen LogP contribution in [0.2, 0.25) is 5.02 Å². The number of amides is 1. The fourth-order valence-corrected chi connectivity index (χ4v) is 4.04. The number of carbonyl (C=O) groups excluding carboxylic acids is 2. The molecule has 1 amide bonds. The van der Waals surface area contributed by atoms with Crippen LogP contribution in [0.5, 0.6) is 17.2 Å². The van der Waals surface area contributed by atoms with E-state index in [-0.39, 0.29) is 0 Å². The van der Waals surface area contributed by atoms with Crippen molar-refractivity contribution in [3.63, 3.8) is 0 Å². The van der Waals surface area contributed by atoms with Crippen molar-refractivity contribution >= 4 is 29.4 Å². The van der Waals surface area contributed by atoms with Crippen LogP contribution in [0.25, 0.3) is 0 Å². The van der Waals surface area contributed by atoms with Gasteiger partial charge in [0.05, 0.1) is 5.69 Å². The smallest absolute Gasteiger partial charge is 0.415 e. The standard InChI is InChI=1S/C23H16ClNO5/c1-13(26)28-16-9-6-14(7-10-16)22-21-17-4-2-3-5-19(17)29-20-11-8-15(24)12-18(20)25(21)23(27)30-22/h2-12,21-22H,1H3/t21-,22-/m1/s1. The van der Waals surface area contributed by atoms with E-state index in [0.29, 0.717) is 28.0 Å². The van der Waals surface area contributed by atoms with Crippen molar-refractivity contribution in [3.05, 3.63) is 82.9 Å². The molecule has 1 saturated heterocycles. The van der Waals surface area contributed by atoms with Crippen LogP contribution in [0, 0.1) is 0 Å². The Hall–Kier alpha value is -3.51. The van der Waals surface area contributed by atoms with Gasteiger partial charge in [-0.3, -0.25) is 9.69 Å². The normalized spacial score (nSPS) is 19.0. The molecule has 5 rings (SSSR count). The molecule has 3 aromatic rings. The fraction of sp³-hybridized carbons (Fsp3) is 0.130. The van der Waals surface area contributed by atoms with Gasteiger partial charge in [-0.05, 0) is 42.0 Å². The number of para-hydroxylation sites is 1. The van der Waals surface area contributed by atoms with Crippen LogP contribution in [0.4, 0.5) is 10.5 Å². The lowest BCUT2D eigenvalue weighted by Gasteiger charge is -2.24. The van der Waals surface area contributed by atoms with Crippen molar-refractivity contribution < 1.29 is 23.8 Å². The summed E-state index contributed by atoms with van der Waals surface area (Å²) in [5, 5.41) is 0.490. The molecular formula is C23H16ClNO5. The third kappa shape index (κ3) is 3.06. The molecule has 2 aliphatic heterocycles. The first-order valence-electron chi connectivity index (χ1n) is 9.36. The van der Waals surface area contributed by atoms with Crippen molar-refractivity contribution in [1.82, 2.24) is 0 Å². The van der Waals surface area contributed by atoms with Gasteiger partial charge in [0.25, 0.3) is 0 Å². The quantitative estimate of drug-likeness (QED) is 0.386. The van der Waals surface area contributed by atoms with Gasteiger partial charge in [0.1, 0.15) is 17.5 Å². The van der Waals surface area contributed by atoms with E-state index >= 15 is 0 Å². The average Bonchev–Trinajstić information content (AvgIpc) is 2.99. The van der Waals surface area contributed by atoms with E-state index in [4.69, 9.17) is 25.8 Å². The van der Waals surface area contributed by atoms with Gasteiger partial charge in [-0.25, -0.2) is 4.79 Å². The van der Waals surface area contributed by atoms with E-state index in [1.165, 1.54) is 6.92 Å². The number of hydrogen-bond acceptors (Lipinski definition) is 5. The molecule has 2 aliphatic rings. The first-order valence-corrected chi connectivity index (χ1v) is 9.73. The van der Waals surface area contributed by atoms with Gasteiger partial charge < -0.3 is 14.2 Å². The second-order valence-corrected chi connectivity index (χ2v) is 7.47. The zero-order chi connectivity index (χ0) is 20.8. The monoisotopic (exact) mass is 421 g/mol. The van der Waals surface area contributed by atoms with Gasteiger partial charge in [0.2, 0.25) is 0 Å². The first-order chi connectivity index (χ1) is 14.5. The van der Waals surface area contributed by atoms with Crippen molar-refractivity contribution in [2.45, 2.75) is 19.1 Å². The third-order valence-corrected chi connectivity index (χ3v) is 5.33. The lowest BCUT2D eigenvalue weighted by Crippen LogP contribution is -2.27. The molecule has 150 valence electrons. The van der Waals surface area contributed by atoms with Crippen LogP contribution in [0.1, 0.15) is 30.2 Å². The predicted molar refractivity (Wildman–Crippen MR) is 110 cm³/mol. The molecule has 2 heterocycles. The van der Waals surface area contributed by atoms with Gasteiger partial charge >= 0.3 is 12.1 Å². The van der Waals surface area contributed by atoms with E-state index in [2.05, 4.69) is 0 Å². The zero-order valence-electron chi connectivity index (χ0n) is 15.9. The van der Waals surface area contributed by atoms with Gasteiger partial charge in [0.15, 0.2) is 11.9 Å². The van der Waals surface area contributed by atoms with Gasteiger partial charge in [-0.1, -0.05) is 41.9 Å². The molecule has 3 aromatic carbocycles. The molecule has 6 nitrogen and oxygen atoms in total. The van der Waals surface area contributed by atoms with Crippen molar-refractivity contribution in [1.29, 1.82) is 0 Å². The van der Waals surface area contributed by atoms with Gasteiger partial charge in [-0.2, -0.15) is 0 Å². The summed E-state index contributed by atoms with van der Waals surface area (Å²) in [4.78, 5) is 25.7. The molecule has 0 N–H and O–H groups in total. The summed E-state index contributed by atoms with van der Waals surface area (Å²) in [6.07, 6.45) is -1.07. The molecule has 0 aromatic heterocycles. The molecule has 0 radical (unpaired) electrons. The van der Waals surface area contributed by atoms with Crippen LogP contribution in [-0.2, 0) is 9.53 Å². The maximum Gasteiger partial charge on any atom is 0.415 e. The SMILES string of the molecule is CC(=O)Oc1ccc([C@H]2OC(=O)N3c4cc(Cl)ccc4Oc4ccccc4[C@H]23)cc1. The summed E-state index contributed by atoms with van der Waals surface area (Å²) in [6, 6.07) is 19.2. The summed E-state index contributed by atoms with van der Waals surface area (Å²) in [5.74, 6) is 1.20. The minimum Gasteiger partial charge on any atom is -0.455 e. The summed E-state index contributed by atoms with van der Waals surface area (Å²) < 4.78 is 17.0. The number of rotatable bonds is 2. The molecule has 1 fully saturated rings. The Morgan fingerprint density at radius 3 is 2.57 bits per heavy atom. The summed E-state index contributed by atoms with van der Waals surface area (Å²) in [5.41, 5.74) is 2.14. The molecule has 0 spiro atoms. The number of cyclic esters (lactones) is 1. The predicted octanol–water partition coefficient (Wildman–Crippen LogP) is 5.81. The molecule has 0 aliphatic carbocycles. The molecule has 0 bridgehead atoms. The Morgan fingerprint density at radius 2 is 1.80 bits per heavy atom. The number of halogens is 1. The number of benzene rings is 3. The van der Waals surface area contributed by atoms with Crippen LogP contribution >= 0.6 is 11.6 Å². The second-order valence-electron chi connectivity index (χ2n) is 7.03. The van der Waals surface area contributed by atoms with E-state index in [1.807, 2.05) is 24.3 Å². The minimum atomic E-state index is -0.585. The number of hydrogen-bond donors (Lipinski definition) is 0. The lowest BCUT2D eigenvalue weighted by molar-refractivity contribution is -0.131. The van der Waals surface area contributed by atoms with E-state index in [9.17, 15) is 9.59 Å². The number of esters is 1. The number of nitrogens with zero attached hydrogens (tertiary/aromatic N) is 1. The summed E-state index contributed by atoms with van der Waals surface area (Å²) in [6.45, 7) is 1.34. The topological polar surface area (TPSA) is 65.1 Å². The molecule has 7 heteroatoms. The number of anilines is 1. The molecule has 2 atom stereocenters. The Balaban J connectivity index is 1.63. The van der Waals surface area contributed by atoms with E-state index in [0.717, 1.165) is 11.1 Å². The maximum atomic E-state index is 13.0. The Labute approximate surface area is 177 Å². The van der Waals surface area contributed by atoms with Crippen LogP contribution in [0.3, 0.4) is 0 Å². The minimum absolute atomic E-state index is 0.399. The number of carbonyl (C=O) groups is 2. The highest BCUT2D eigenvalue weighted by Crippen LogP contribution is 2.53. The molecular weight excluding hydrogens is 406 g/mol. The lowest BCUT2D eigenvalue weighted by atomic mass is 9.94. The van der Waals surface area contributed by atoms with Crippen molar-refractivity contribution in [2.24, 2.45) is 0 Å². The molecule has 0 saturated carbocycles. The van der Waals surface area contributed by atoms with Crippen molar-refractivity contribution in [3.8, 4) is 17.2 Å². The number of ether oxygens (including phenoxy) is 3. The Kier molecular flexibility index (Phi) is 4.37. The van der Waals surface area contributed by atoms with Crippen LogP contribution < -0.4 is 14.4 Å². The largest absolute Gasteiger partial charge is 0.455 e. The van der Waals surface area contributed by atoms with Crippen molar-refractivity contribution in [2.75, 3.05) is 4.90 Å². The first kappa shape index (κ1) is 18.5. The summed E-state index contributed by atoms with van der Waals surface area (Å²) in [7, 11) is 0. The third-order valence-electron chi connectivity index (χ3n) is 5.10. The van der Waals surface area contributed by atoms with Gasteiger partial charge in [0, 0.05) is 17.5 Å². The fourth-order valence-electron chi connectivity index (χ4n) is 3.87. The van der Waals surface area contributed by atoms with E-state index in [1.54, 1.807) is 47.4 Å². The zero-order valence-corrected chi connectivity index (χ0v) is 16.6. The maximum absolute atomic E-state index is 13.0. The molecule has 30 heavy (non-hydrogen) atoms. The highest BCUT2D eigenvalue weighted by atomic mass is 35.5. The Bertz CT molecular complexity index is 1160. The van der Waals surface area contributed by atoms with Crippen LogP contribution in [-0.4, -0.2) is 12.1 Å². The van der Waals surface area contributed by atoms with Gasteiger partial charge in [-0.15, -0.1) is 0 Å². The summed E-state index contributed by atoms with van der Waals surface area (Å²) >= 11 is 6.22. The highest BCUT2D eigenvalue weighted by molar-refractivity contribution is 6.31. The van der Waals surface area contributed by atoms with Crippen LogP contribution in [0.15, 0.2) is 66.7 Å². The average molecular weight is 422 g/mol. The molecule has 0 unspecified atom stereocenters. The highest BCUT2D eigenvalue weighted by Gasteiger charge is 2.48. The number of fused-ring (bicyclic) bond motifs is 5. The second kappa shape index (κ2) is 7.07.